The van der Waals surface area contributed by atoms with Crippen LogP contribution in [-0.4, -0.2) is 19.2 Å². The number of halogens is 1. The summed E-state index contributed by atoms with van der Waals surface area (Å²) < 4.78 is 23.7. The Balaban J connectivity index is 2.25. The van der Waals surface area contributed by atoms with Crippen LogP contribution in [0.25, 0.3) is 0 Å². The minimum atomic E-state index is -0.498. The molecule has 21 heavy (non-hydrogen) atoms. The molecule has 0 aliphatic rings. The zero-order valence-corrected chi connectivity index (χ0v) is 12.4. The van der Waals surface area contributed by atoms with Gasteiger partial charge in [0.25, 0.3) is 0 Å². The van der Waals surface area contributed by atoms with E-state index in [1.165, 1.54) is 6.07 Å². The standard InChI is InChI=1S/C16H19FN2O2/c1-4-12(18-16-7-5-6-15(17)19-16)11-8-9-13(20-2)14(10-11)21-3/h5-10,12H,4H2,1-3H3,(H,18,19). The summed E-state index contributed by atoms with van der Waals surface area (Å²) in [7, 11) is 3.20. The lowest BCUT2D eigenvalue weighted by molar-refractivity contribution is 0.354. The molecule has 0 aliphatic carbocycles. The number of pyridine rings is 1. The monoisotopic (exact) mass is 290 g/mol. The summed E-state index contributed by atoms with van der Waals surface area (Å²) in [6, 6.07) is 10.4. The Labute approximate surface area is 123 Å². The second kappa shape index (κ2) is 6.92. The molecule has 1 aromatic carbocycles. The first-order valence-electron chi connectivity index (χ1n) is 6.79. The van der Waals surface area contributed by atoms with Gasteiger partial charge in [-0.2, -0.15) is 4.39 Å². The maximum absolute atomic E-state index is 13.2. The molecule has 112 valence electrons. The largest absolute Gasteiger partial charge is 0.493 e. The summed E-state index contributed by atoms with van der Waals surface area (Å²) in [5.74, 6) is 1.36. The molecule has 5 heteroatoms. The number of methoxy groups -OCH3 is 2. The fourth-order valence-corrected chi connectivity index (χ4v) is 2.16. The van der Waals surface area contributed by atoms with E-state index in [0.717, 1.165) is 12.0 Å². The van der Waals surface area contributed by atoms with Gasteiger partial charge in [0.15, 0.2) is 11.5 Å². The van der Waals surface area contributed by atoms with E-state index in [4.69, 9.17) is 9.47 Å². The van der Waals surface area contributed by atoms with Crippen molar-refractivity contribution >= 4 is 5.82 Å². The first-order chi connectivity index (χ1) is 10.2. The first-order valence-corrected chi connectivity index (χ1v) is 6.79. The molecule has 0 saturated heterocycles. The van der Waals surface area contributed by atoms with E-state index in [1.54, 1.807) is 26.4 Å². The van der Waals surface area contributed by atoms with Crippen molar-refractivity contribution in [2.45, 2.75) is 19.4 Å². The molecule has 4 nitrogen and oxygen atoms in total. The van der Waals surface area contributed by atoms with Crippen LogP contribution in [0.3, 0.4) is 0 Å². The van der Waals surface area contributed by atoms with Gasteiger partial charge in [0.1, 0.15) is 5.82 Å². The summed E-state index contributed by atoms with van der Waals surface area (Å²) in [6.07, 6.45) is 0.827. The third kappa shape index (κ3) is 3.62. The van der Waals surface area contributed by atoms with Crippen molar-refractivity contribution in [2.75, 3.05) is 19.5 Å². The average molecular weight is 290 g/mol. The average Bonchev–Trinajstić information content (AvgIpc) is 2.52. The van der Waals surface area contributed by atoms with E-state index in [1.807, 2.05) is 25.1 Å². The maximum Gasteiger partial charge on any atom is 0.214 e. The molecule has 0 amide bonds. The lowest BCUT2D eigenvalue weighted by atomic mass is 10.0. The highest BCUT2D eigenvalue weighted by Gasteiger charge is 2.13. The Morgan fingerprint density at radius 3 is 2.52 bits per heavy atom. The number of nitrogens with one attached hydrogen (secondary N) is 1. The van der Waals surface area contributed by atoms with E-state index >= 15 is 0 Å². The van der Waals surface area contributed by atoms with Gasteiger partial charge in [0.05, 0.1) is 20.3 Å². The molecule has 0 bridgehead atoms. The van der Waals surface area contributed by atoms with E-state index in [0.29, 0.717) is 17.3 Å². The van der Waals surface area contributed by atoms with E-state index in [9.17, 15) is 4.39 Å². The zero-order valence-electron chi connectivity index (χ0n) is 12.4. The Hall–Kier alpha value is -2.30. The first kappa shape index (κ1) is 15.1. The number of hydrogen-bond acceptors (Lipinski definition) is 4. The minimum Gasteiger partial charge on any atom is -0.493 e. The Bertz CT molecular complexity index is 605. The molecule has 0 radical (unpaired) electrons. The molecule has 1 heterocycles. The third-order valence-electron chi connectivity index (χ3n) is 3.26. The molecule has 1 unspecified atom stereocenters. The molecule has 0 spiro atoms. The van der Waals surface area contributed by atoms with Crippen LogP contribution in [0.4, 0.5) is 10.2 Å². The van der Waals surface area contributed by atoms with Gasteiger partial charge in [-0.15, -0.1) is 0 Å². The Kier molecular flexibility index (Phi) is 4.98. The predicted octanol–water partition coefficient (Wildman–Crippen LogP) is 3.80. The summed E-state index contributed by atoms with van der Waals surface area (Å²) in [5.41, 5.74) is 1.03. The van der Waals surface area contributed by atoms with Crippen LogP contribution in [0, 0.1) is 5.95 Å². The van der Waals surface area contributed by atoms with E-state index in [2.05, 4.69) is 10.3 Å². The highest BCUT2D eigenvalue weighted by atomic mass is 19.1. The van der Waals surface area contributed by atoms with E-state index < -0.39 is 5.95 Å². The third-order valence-corrected chi connectivity index (χ3v) is 3.26. The van der Waals surface area contributed by atoms with Gasteiger partial charge in [-0.25, -0.2) is 4.98 Å². The smallest absolute Gasteiger partial charge is 0.214 e. The lowest BCUT2D eigenvalue weighted by Crippen LogP contribution is -2.11. The Morgan fingerprint density at radius 2 is 1.90 bits per heavy atom. The van der Waals surface area contributed by atoms with Crippen molar-refractivity contribution in [3.05, 3.63) is 47.9 Å². The fraction of sp³-hybridized carbons (Fsp3) is 0.312. The maximum atomic E-state index is 13.2. The van der Waals surface area contributed by atoms with Crippen molar-refractivity contribution in [3.8, 4) is 11.5 Å². The summed E-state index contributed by atoms with van der Waals surface area (Å²) in [5, 5.41) is 3.23. The van der Waals surface area contributed by atoms with Crippen LogP contribution in [0.5, 0.6) is 11.5 Å². The van der Waals surface area contributed by atoms with Gasteiger partial charge in [-0.3, -0.25) is 0 Å². The number of ether oxygens (including phenoxy) is 2. The van der Waals surface area contributed by atoms with E-state index in [-0.39, 0.29) is 6.04 Å². The van der Waals surface area contributed by atoms with Gasteiger partial charge >= 0.3 is 0 Å². The number of nitrogens with zero attached hydrogens (tertiary/aromatic N) is 1. The second-order valence-corrected chi connectivity index (χ2v) is 4.57. The van der Waals surface area contributed by atoms with Crippen molar-refractivity contribution in [3.63, 3.8) is 0 Å². The number of anilines is 1. The molecule has 0 aliphatic heterocycles. The quantitative estimate of drug-likeness (QED) is 0.822. The van der Waals surface area contributed by atoms with Crippen LogP contribution < -0.4 is 14.8 Å². The molecule has 1 N–H and O–H groups in total. The molecular weight excluding hydrogens is 271 g/mol. The highest BCUT2D eigenvalue weighted by Crippen LogP contribution is 2.32. The second-order valence-electron chi connectivity index (χ2n) is 4.57. The van der Waals surface area contributed by atoms with Crippen molar-refractivity contribution < 1.29 is 13.9 Å². The predicted molar refractivity (Wildman–Crippen MR) is 80.4 cm³/mol. The highest BCUT2D eigenvalue weighted by molar-refractivity contribution is 5.46. The number of benzene rings is 1. The topological polar surface area (TPSA) is 43.4 Å². The number of aromatic nitrogens is 1. The number of hydrogen-bond donors (Lipinski definition) is 1. The SMILES string of the molecule is CCC(Nc1cccc(F)n1)c1ccc(OC)c(OC)c1. The van der Waals surface area contributed by atoms with Crippen LogP contribution >= 0.6 is 0 Å². The van der Waals surface area contributed by atoms with Crippen LogP contribution in [0.1, 0.15) is 24.9 Å². The Morgan fingerprint density at radius 1 is 1.14 bits per heavy atom. The van der Waals surface area contributed by atoms with Gasteiger partial charge in [-0.1, -0.05) is 19.1 Å². The van der Waals surface area contributed by atoms with Crippen LogP contribution in [-0.2, 0) is 0 Å². The molecule has 0 saturated carbocycles. The summed E-state index contributed by atoms with van der Waals surface area (Å²) >= 11 is 0. The van der Waals surface area contributed by atoms with Crippen molar-refractivity contribution in [1.29, 1.82) is 0 Å². The molecular formula is C16H19FN2O2. The molecule has 1 atom stereocenters. The molecule has 2 rings (SSSR count). The van der Waals surface area contributed by atoms with Crippen molar-refractivity contribution in [1.82, 2.24) is 4.98 Å². The van der Waals surface area contributed by atoms with Gasteiger partial charge in [0.2, 0.25) is 5.95 Å². The van der Waals surface area contributed by atoms with Crippen LogP contribution in [0.15, 0.2) is 36.4 Å². The van der Waals surface area contributed by atoms with Gasteiger partial charge in [-0.05, 0) is 36.2 Å². The molecule has 0 fully saturated rings. The minimum absolute atomic E-state index is 0.0131. The molecule has 1 aromatic heterocycles. The van der Waals surface area contributed by atoms with Crippen molar-refractivity contribution in [2.24, 2.45) is 0 Å². The zero-order chi connectivity index (χ0) is 15.2. The van der Waals surface area contributed by atoms with Gasteiger partial charge < -0.3 is 14.8 Å². The summed E-state index contributed by atoms with van der Waals surface area (Å²) in [6.45, 7) is 2.05. The fourth-order valence-electron chi connectivity index (χ4n) is 2.16. The van der Waals surface area contributed by atoms with Gasteiger partial charge in [0, 0.05) is 0 Å². The summed E-state index contributed by atoms with van der Waals surface area (Å²) in [4.78, 5) is 3.83. The number of rotatable bonds is 6. The normalized spacial score (nSPS) is 11.8. The molecule has 2 aromatic rings. The lowest BCUT2D eigenvalue weighted by Gasteiger charge is -2.19. The van der Waals surface area contributed by atoms with Crippen LogP contribution in [0.2, 0.25) is 0 Å².